The fourth-order valence-electron chi connectivity index (χ4n) is 9.21. The Bertz CT molecular complexity index is 2710. The monoisotopic (exact) mass is 748 g/mol. The van der Waals surface area contributed by atoms with Crippen LogP contribution in [0.1, 0.15) is 62.9 Å². The number of rotatable bonds is 8. The lowest BCUT2D eigenvalue weighted by atomic mass is 9.67. The minimum absolute atomic E-state index is 0.246. The zero-order chi connectivity index (χ0) is 40.1. The smallest absolute Gasteiger partial charge is 0.0728 e. The van der Waals surface area contributed by atoms with Crippen molar-refractivity contribution in [3.63, 3.8) is 0 Å². The Morgan fingerprint density at radius 2 is 1.09 bits per heavy atom. The zero-order valence-electron chi connectivity index (χ0n) is 33.1. The van der Waals surface area contributed by atoms with Gasteiger partial charge in [0.1, 0.15) is 0 Å². The number of hydrogen-bond acceptors (Lipinski definition) is 2. The summed E-state index contributed by atoms with van der Waals surface area (Å²) in [4.78, 5) is 0. The van der Waals surface area contributed by atoms with E-state index in [0.717, 1.165) is 11.1 Å². The number of fused-ring (bicyclic) bond motifs is 7. The van der Waals surface area contributed by atoms with Crippen molar-refractivity contribution in [2.45, 2.75) is 25.2 Å². The summed E-state index contributed by atoms with van der Waals surface area (Å²) < 4.78 is 0. The standard InChI is InChI=1S/C35H30N2.C21H18/c1-23-11-3-4-13-26(23)34-24(2)27-14-5-7-17-30(27)35(34)31-18-8-6-15-29(31)33-28(16-9-19-32(33)35)25(20-22-37)12-10-21-36;1-2-21(19-11-7-4-8-12-19)20-15-13-18(14-16-20)17-9-5-3-6-10-17/h3-22H,36-37H2,1-2H3;2-16,21H,1H2/b21-10+,22-20-,25-12+;. The van der Waals surface area contributed by atoms with Gasteiger partial charge in [0.25, 0.3) is 0 Å². The topological polar surface area (TPSA) is 52.0 Å². The Hall–Kier alpha value is -7.16. The van der Waals surface area contributed by atoms with Crippen molar-refractivity contribution in [1.82, 2.24) is 0 Å². The van der Waals surface area contributed by atoms with Crippen LogP contribution in [0.2, 0.25) is 0 Å². The van der Waals surface area contributed by atoms with Crippen LogP contribution in [0, 0.1) is 6.92 Å². The molecule has 9 rings (SSSR count). The molecule has 0 bridgehead atoms. The Labute approximate surface area is 343 Å². The van der Waals surface area contributed by atoms with Crippen molar-refractivity contribution < 1.29 is 0 Å². The molecular formula is C56H48N2. The summed E-state index contributed by atoms with van der Waals surface area (Å²) in [6, 6.07) is 63.0. The largest absolute Gasteiger partial charge is 0.405 e. The third kappa shape index (κ3) is 6.53. The molecule has 2 unspecified atom stereocenters. The van der Waals surface area contributed by atoms with Gasteiger partial charge in [0, 0.05) is 5.92 Å². The molecule has 2 aliphatic rings. The maximum Gasteiger partial charge on any atom is 0.0728 e. The Balaban J connectivity index is 0.000000189. The molecular weight excluding hydrogens is 701 g/mol. The van der Waals surface area contributed by atoms with E-state index >= 15 is 0 Å². The second kappa shape index (κ2) is 16.5. The average Bonchev–Trinajstić information content (AvgIpc) is 3.72. The van der Waals surface area contributed by atoms with Crippen LogP contribution in [0.3, 0.4) is 0 Å². The molecule has 2 heteroatoms. The molecule has 4 N–H and O–H groups in total. The Kier molecular flexibility index (Phi) is 10.7. The van der Waals surface area contributed by atoms with Gasteiger partial charge in [0.15, 0.2) is 0 Å². The lowest BCUT2D eigenvalue weighted by Gasteiger charge is -2.34. The summed E-state index contributed by atoms with van der Waals surface area (Å²) in [5.74, 6) is 0.246. The minimum Gasteiger partial charge on any atom is -0.405 e. The average molecular weight is 749 g/mol. The molecule has 282 valence electrons. The number of aryl methyl sites for hydroxylation is 1. The van der Waals surface area contributed by atoms with E-state index in [0.29, 0.717) is 0 Å². The second-order valence-electron chi connectivity index (χ2n) is 14.9. The highest BCUT2D eigenvalue weighted by molar-refractivity contribution is 6.10. The Morgan fingerprint density at radius 3 is 1.74 bits per heavy atom. The molecule has 2 atom stereocenters. The maximum atomic E-state index is 5.91. The van der Waals surface area contributed by atoms with Gasteiger partial charge in [-0.25, -0.2) is 0 Å². The van der Waals surface area contributed by atoms with Gasteiger partial charge in [-0.05, 0) is 127 Å². The summed E-state index contributed by atoms with van der Waals surface area (Å²) in [5, 5.41) is 0. The fraction of sp³-hybridized carbons (Fsp3) is 0.0714. The van der Waals surface area contributed by atoms with Crippen LogP contribution in [0.4, 0.5) is 0 Å². The molecule has 0 aromatic heterocycles. The molecule has 0 amide bonds. The van der Waals surface area contributed by atoms with Gasteiger partial charge >= 0.3 is 0 Å². The lowest BCUT2D eigenvalue weighted by Crippen LogP contribution is -2.27. The molecule has 0 heterocycles. The second-order valence-corrected chi connectivity index (χ2v) is 14.9. The van der Waals surface area contributed by atoms with E-state index in [1.165, 1.54) is 77.9 Å². The molecule has 7 aromatic rings. The van der Waals surface area contributed by atoms with Gasteiger partial charge in [-0.15, -0.1) is 6.58 Å². The summed E-state index contributed by atoms with van der Waals surface area (Å²) >= 11 is 0. The first kappa shape index (κ1) is 37.7. The molecule has 0 aliphatic heterocycles. The van der Waals surface area contributed by atoms with Crippen LogP contribution >= 0.6 is 0 Å². The number of allylic oxidation sites excluding steroid dienone is 7. The zero-order valence-corrected chi connectivity index (χ0v) is 33.1. The molecule has 0 fully saturated rings. The highest BCUT2D eigenvalue weighted by Crippen LogP contribution is 2.65. The van der Waals surface area contributed by atoms with Gasteiger partial charge in [0.05, 0.1) is 5.41 Å². The first-order valence-corrected chi connectivity index (χ1v) is 19.9. The maximum absolute atomic E-state index is 5.91. The van der Waals surface area contributed by atoms with Gasteiger partial charge < -0.3 is 11.5 Å². The van der Waals surface area contributed by atoms with Crippen LogP contribution in [-0.4, -0.2) is 0 Å². The van der Waals surface area contributed by atoms with Crippen molar-refractivity contribution in [3.8, 4) is 22.3 Å². The van der Waals surface area contributed by atoms with Gasteiger partial charge in [-0.1, -0.05) is 188 Å². The van der Waals surface area contributed by atoms with E-state index in [2.05, 4.69) is 184 Å². The van der Waals surface area contributed by atoms with E-state index in [-0.39, 0.29) is 5.92 Å². The highest BCUT2D eigenvalue weighted by atomic mass is 14.5. The van der Waals surface area contributed by atoms with Crippen LogP contribution in [0.15, 0.2) is 219 Å². The number of hydrogen-bond donors (Lipinski definition) is 2. The van der Waals surface area contributed by atoms with E-state index in [9.17, 15) is 0 Å². The van der Waals surface area contributed by atoms with Crippen molar-refractivity contribution in [2.24, 2.45) is 11.5 Å². The van der Waals surface area contributed by atoms with E-state index < -0.39 is 5.41 Å². The molecule has 0 saturated heterocycles. The van der Waals surface area contributed by atoms with Crippen molar-refractivity contribution >= 4 is 16.7 Å². The third-order valence-corrected chi connectivity index (χ3v) is 11.7. The van der Waals surface area contributed by atoms with E-state index in [1.807, 2.05) is 36.4 Å². The predicted molar refractivity (Wildman–Crippen MR) is 247 cm³/mol. The van der Waals surface area contributed by atoms with Crippen LogP contribution in [-0.2, 0) is 5.41 Å². The minimum atomic E-state index is -0.407. The predicted octanol–water partition coefficient (Wildman–Crippen LogP) is 13.3. The molecule has 58 heavy (non-hydrogen) atoms. The molecule has 0 radical (unpaired) electrons. The summed E-state index contributed by atoms with van der Waals surface area (Å²) in [7, 11) is 0. The molecule has 2 nitrogen and oxygen atoms in total. The van der Waals surface area contributed by atoms with E-state index in [4.69, 9.17) is 11.5 Å². The van der Waals surface area contributed by atoms with Crippen LogP contribution in [0.5, 0.6) is 0 Å². The van der Waals surface area contributed by atoms with Crippen molar-refractivity contribution in [2.75, 3.05) is 0 Å². The van der Waals surface area contributed by atoms with Crippen LogP contribution < -0.4 is 11.5 Å². The summed E-state index contributed by atoms with van der Waals surface area (Å²) in [6.07, 6.45) is 11.0. The lowest BCUT2D eigenvalue weighted by molar-refractivity contribution is 0.840. The SMILES string of the molecule is C=CC(c1ccccc1)c1ccc(-c2ccccc2)cc1.CC1=C(c2ccccc2C)C2(c3ccccc31)c1ccccc1-c1c(C(/C=C\N)=C/C=C/N)cccc12. The first-order valence-electron chi connectivity index (χ1n) is 19.9. The summed E-state index contributed by atoms with van der Waals surface area (Å²) in [6.45, 7) is 8.50. The highest BCUT2D eigenvalue weighted by Gasteiger charge is 2.53. The van der Waals surface area contributed by atoms with Gasteiger partial charge in [0.2, 0.25) is 0 Å². The molecule has 0 saturated carbocycles. The molecule has 2 aliphatic carbocycles. The normalized spacial score (nSPS) is 15.9. The Morgan fingerprint density at radius 1 is 0.534 bits per heavy atom. The fourth-order valence-corrected chi connectivity index (χ4v) is 9.21. The van der Waals surface area contributed by atoms with Gasteiger partial charge in [-0.3, -0.25) is 0 Å². The van der Waals surface area contributed by atoms with Gasteiger partial charge in [-0.2, -0.15) is 0 Å². The van der Waals surface area contributed by atoms with E-state index in [1.54, 1.807) is 12.4 Å². The van der Waals surface area contributed by atoms with Crippen LogP contribution in [0.25, 0.3) is 39.0 Å². The molecule has 1 spiro atoms. The van der Waals surface area contributed by atoms with Crippen molar-refractivity contribution in [1.29, 1.82) is 0 Å². The number of nitrogens with two attached hydrogens (primary N) is 2. The quantitative estimate of drug-likeness (QED) is 0.120. The van der Waals surface area contributed by atoms with Crippen molar-refractivity contribution in [3.05, 3.63) is 269 Å². The number of benzene rings is 7. The first-order chi connectivity index (χ1) is 28.5. The third-order valence-electron chi connectivity index (χ3n) is 11.7. The molecule has 7 aromatic carbocycles. The summed E-state index contributed by atoms with van der Waals surface area (Å²) in [5.41, 5.74) is 31.5.